The Balaban J connectivity index is 4.86. The lowest BCUT2D eigenvalue weighted by molar-refractivity contribution is -0.141. The lowest BCUT2D eigenvalue weighted by Crippen LogP contribution is -2.54. The highest BCUT2D eigenvalue weighted by molar-refractivity contribution is 5.91. The fraction of sp³-hybridized carbons (Fsp3) is 0.643. The summed E-state index contributed by atoms with van der Waals surface area (Å²) in [4.78, 5) is 49.7. The van der Waals surface area contributed by atoms with Crippen molar-refractivity contribution >= 4 is 29.7 Å². The lowest BCUT2D eigenvalue weighted by atomic mass is 10.1. The van der Waals surface area contributed by atoms with Gasteiger partial charge in [-0.1, -0.05) is 0 Å². The van der Waals surface area contributed by atoms with E-state index in [1.54, 1.807) is 0 Å². The molecular formula is C14H27N7O5. The molecule has 12 nitrogen and oxygen atoms in total. The van der Waals surface area contributed by atoms with Crippen molar-refractivity contribution in [3.05, 3.63) is 0 Å². The summed E-state index contributed by atoms with van der Waals surface area (Å²) in [7, 11) is 0. The number of primary amides is 1. The monoisotopic (exact) mass is 373 g/mol. The van der Waals surface area contributed by atoms with Crippen molar-refractivity contribution in [2.45, 2.75) is 50.7 Å². The Morgan fingerprint density at radius 1 is 1.04 bits per heavy atom. The van der Waals surface area contributed by atoms with Crippen molar-refractivity contribution < 1.29 is 24.3 Å². The summed E-state index contributed by atoms with van der Waals surface area (Å²) in [5, 5.41) is 13.6. The number of nitrogens with two attached hydrogens (primary N) is 4. The molecule has 0 aromatic rings. The van der Waals surface area contributed by atoms with Gasteiger partial charge in [0.1, 0.15) is 12.1 Å². The topological polar surface area (TPSA) is 229 Å². The van der Waals surface area contributed by atoms with Crippen molar-refractivity contribution in [3.63, 3.8) is 0 Å². The first-order valence-corrected chi connectivity index (χ1v) is 7.97. The highest BCUT2D eigenvalue weighted by Gasteiger charge is 2.26. The Kier molecular flexibility index (Phi) is 10.3. The van der Waals surface area contributed by atoms with Gasteiger partial charge in [0.05, 0.1) is 6.04 Å². The number of hydrogen-bond acceptors (Lipinski definition) is 6. The van der Waals surface area contributed by atoms with Crippen LogP contribution in [-0.4, -0.2) is 59.4 Å². The summed E-state index contributed by atoms with van der Waals surface area (Å²) >= 11 is 0. The standard InChI is InChI=1S/C14H27N7O5/c1-7(13(25)26)20-12(24)9(3-2-6-19-14(17)18)21-11(23)8(15)4-5-10(16)22/h7-9H,2-6,15H2,1H3,(H2,16,22)(H,20,24)(H,21,23)(H,25,26)(H4,17,18,19)/t7-,8-,9-/m0/s1. The summed E-state index contributed by atoms with van der Waals surface area (Å²) in [6.07, 6.45) is 0.457. The number of carboxylic acids is 1. The van der Waals surface area contributed by atoms with Crippen LogP contribution in [0.25, 0.3) is 0 Å². The SMILES string of the molecule is C[C@H](NC(=O)[C@H](CCCN=C(N)N)NC(=O)[C@@H](N)CCC(N)=O)C(=O)O. The molecule has 0 aromatic carbocycles. The van der Waals surface area contributed by atoms with Gasteiger partial charge in [-0.15, -0.1) is 0 Å². The van der Waals surface area contributed by atoms with Gasteiger partial charge in [-0.2, -0.15) is 0 Å². The second-order valence-corrected chi connectivity index (χ2v) is 5.69. The normalized spacial score (nSPS) is 13.8. The van der Waals surface area contributed by atoms with E-state index in [1.165, 1.54) is 6.92 Å². The number of carbonyl (C=O) groups is 4. The van der Waals surface area contributed by atoms with Gasteiger partial charge in [-0.05, 0) is 26.2 Å². The van der Waals surface area contributed by atoms with Crippen LogP contribution in [0.15, 0.2) is 4.99 Å². The third-order valence-electron chi connectivity index (χ3n) is 3.35. The molecule has 0 bridgehead atoms. The maximum atomic E-state index is 12.2. The summed E-state index contributed by atoms with van der Waals surface area (Å²) in [6, 6.07) is -3.20. The molecule has 148 valence electrons. The molecule has 3 atom stereocenters. The molecule has 0 aromatic heterocycles. The van der Waals surface area contributed by atoms with Crippen molar-refractivity contribution in [1.29, 1.82) is 0 Å². The summed E-state index contributed by atoms with van der Waals surface area (Å²) in [6.45, 7) is 1.52. The molecule has 0 radical (unpaired) electrons. The number of nitrogens with one attached hydrogen (secondary N) is 2. The van der Waals surface area contributed by atoms with Crippen molar-refractivity contribution in [2.75, 3.05) is 6.54 Å². The van der Waals surface area contributed by atoms with Gasteiger partial charge in [0.15, 0.2) is 5.96 Å². The van der Waals surface area contributed by atoms with E-state index >= 15 is 0 Å². The number of aliphatic imine (C=N–C) groups is 1. The summed E-state index contributed by atoms with van der Waals surface area (Å²) < 4.78 is 0. The molecule has 12 heteroatoms. The third kappa shape index (κ3) is 10.1. The Morgan fingerprint density at radius 3 is 2.15 bits per heavy atom. The van der Waals surface area contributed by atoms with Crippen LogP contribution in [0.5, 0.6) is 0 Å². The number of rotatable bonds is 12. The molecule has 0 spiro atoms. The number of hydrogen-bond donors (Lipinski definition) is 7. The van der Waals surface area contributed by atoms with E-state index in [2.05, 4.69) is 15.6 Å². The Morgan fingerprint density at radius 2 is 1.65 bits per heavy atom. The molecule has 0 rings (SSSR count). The first-order valence-electron chi connectivity index (χ1n) is 7.97. The Bertz CT molecular complexity index is 548. The van der Waals surface area contributed by atoms with Crippen LogP contribution in [-0.2, 0) is 19.2 Å². The average molecular weight is 373 g/mol. The van der Waals surface area contributed by atoms with Crippen molar-refractivity contribution in [1.82, 2.24) is 10.6 Å². The highest BCUT2D eigenvalue weighted by atomic mass is 16.4. The maximum Gasteiger partial charge on any atom is 0.325 e. The number of aliphatic carboxylic acids is 1. The summed E-state index contributed by atoms with van der Waals surface area (Å²) in [5.41, 5.74) is 21.1. The van der Waals surface area contributed by atoms with E-state index in [-0.39, 0.29) is 31.8 Å². The Labute approximate surface area is 150 Å². The largest absolute Gasteiger partial charge is 0.480 e. The zero-order chi connectivity index (χ0) is 20.3. The smallest absolute Gasteiger partial charge is 0.325 e. The van der Waals surface area contributed by atoms with Gasteiger partial charge in [-0.25, -0.2) is 0 Å². The van der Waals surface area contributed by atoms with Crippen LogP contribution in [0.2, 0.25) is 0 Å². The van der Waals surface area contributed by atoms with Crippen LogP contribution >= 0.6 is 0 Å². The number of guanidine groups is 1. The van der Waals surface area contributed by atoms with Gasteiger partial charge in [-0.3, -0.25) is 24.2 Å². The molecule has 0 fully saturated rings. The quantitative estimate of drug-likeness (QED) is 0.104. The van der Waals surface area contributed by atoms with Crippen LogP contribution in [0.1, 0.15) is 32.6 Å². The van der Waals surface area contributed by atoms with Crippen molar-refractivity contribution in [2.24, 2.45) is 27.9 Å². The molecule has 3 amide bonds. The number of carboxylic acid groups (broad SMARTS) is 1. The van der Waals surface area contributed by atoms with Crippen LogP contribution in [0, 0.1) is 0 Å². The zero-order valence-corrected chi connectivity index (χ0v) is 14.6. The molecule has 0 aliphatic carbocycles. The van der Waals surface area contributed by atoms with Crippen LogP contribution < -0.4 is 33.6 Å². The van der Waals surface area contributed by atoms with Crippen molar-refractivity contribution in [3.8, 4) is 0 Å². The maximum absolute atomic E-state index is 12.2. The third-order valence-corrected chi connectivity index (χ3v) is 3.35. The molecule has 0 aliphatic heterocycles. The van der Waals surface area contributed by atoms with Gasteiger partial charge >= 0.3 is 5.97 Å². The van der Waals surface area contributed by atoms with E-state index in [0.717, 1.165) is 0 Å². The minimum Gasteiger partial charge on any atom is -0.480 e. The second kappa shape index (κ2) is 11.6. The predicted octanol–water partition coefficient (Wildman–Crippen LogP) is -3.29. The minimum absolute atomic E-state index is 0.0229. The van der Waals surface area contributed by atoms with Gasteiger partial charge in [0.25, 0.3) is 0 Å². The fourth-order valence-electron chi connectivity index (χ4n) is 1.86. The average Bonchev–Trinajstić information content (AvgIpc) is 2.54. The molecular weight excluding hydrogens is 346 g/mol. The first kappa shape index (κ1) is 23.1. The van der Waals surface area contributed by atoms with E-state index in [9.17, 15) is 19.2 Å². The molecule has 0 saturated carbocycles. The molecule has 11 N–H and O–H groups in total. The van der Waals surface area contributed by atoms with E-state index in [4.69, 9.17) is 28.0 Å². The molecule has 26 heavy (non-hydrogen) atoms. The van der Waals surface area contributed by atoms with Crippen LogP contribution in [0.4, 0.5) is 0 Å². The molecule has 0 heterocycles. The number of nitrogens with zero attached hydrogens (tertiary/aromatic N) is 1. The molecule has 0 aliphatic rings. The predicted molar refractivity (Wildman–Crippen MR) is 93.5 cm³/mol. The second-order valence-electron chi connectivity index (χ2n) is 5.69. The van der Waals surface area contributed by atoms with E-state index < -0.39 is 41.8 Å². The van der Waals surface area contributed by atoms with E-state index in [0.29, 0.717) is 6.42 Å². The van der Waals surface area contributed by atoms with Gasteiger partial charge in [0.2, 0.25) is 17.7 Å². The first-order chi connectivity index (χ1) is 12.0. The fourth-order valence-corrected chi connectivity index (χ4v) is 1.86. The van der Waals surface area contributed by atoms with E-state index in [1.807, 2.05) is 0 Å². The van der Waals surface area contributed by atoms with Gasteiger partial charge in [0, 0.05) is 13.0 Å². The van der Waals surface area contributed by atoms with Crippen LogP contribution in [0.3, 0.4) is 0 Å². The minimum atomic E-state index is -1.22. The van der Waals surface area contributed by atoms with Gasteiger partial charge < -0.3 is 38.7 Å². The highest BCUT2D eigenvalue weighted by Crippen LogP contribution is 2.02. The summed E-state index contributed by atoms with van der Waals surface area (Å²) in [5.74, 6) is -3.27. The molecule has 0 unspecified atom stereocenters. The number of carbonyl (C=O) groups excluding carboxylic acids is 3. The zero-order valence-electron chi connectivity index (χ0n) is 14.6. The molecule has 0 saturated heterocycles. The number of amides is 3. The Hall–Kier alpha value is -2.89. The lowest BCUT2D eigenvalue weighted by Gasteiger charge is -2.21.